The molecule has 0 amide bonds. The molecule has 0 aliphatic rings. The van der Waals surface area contributed by atoms with E-state index in [9.17, 15) is 18.0 Å². The Kier molecular flexibility index (Phi) is 5.95. The molecule has 6 nitrogen and oxygen atoms in total. The van der Waals surface area contributed by atoms with Gasteiger partial charge in [-0.3, -0.25) is 4.79 Å². The molecule has 0 saturated carbocycles. The summed E-state index contributed by atoms with van der Waals surface area (Å²) >= 11 is 0. The van der Waals surface area contributed by atoms with Crippen LogP contribution in [0.4, 0.5) is 0 Å². The summed E-state index contributed by atoms with van der Waals surface area (Å²) in [4.78, 5) is 24.5. The summed E-state index contributed by atoms with van der Waals surface area (Å²) < 4.78 is 33.4. The van der Waals surface area contributed by atoms with E-state index in [0.717, 1.165) is 6.26 Å². The third-order valence-electron chi connectivity index (χ3n) is 3.08. The minimum Gasteiger partial charge on any atom is -0.450 e. The van der Waals surface area contributed by atoms with Crippen molar-refractivity contribution in [2.45, 2.75) is 50.7 Å². The van der Waals surface area contributed by atoms with Crippen molar-refractivity contribution in [3.05, 3.63) is 29.8 Å². The predicted molar refractivity (Wildman–Crippen MR) is 89.8 cm³/mol. The van der Waals surface area contributed by atoms with Crippen molar-refractivity contribution in [3.8, 4) is 0 Å². The summed E-state index contributed by atoms with van der Waals surface area (Å²) in [7, 11) is -3.33. The van der Waals surface area contributed by atoms with Crippen LogP contribution >= 0.6 is 0 Å². The molecular weight excluding hydrogens is 332 g/mol. The van der Waals surface area contributed by atoms with Crippen molar-refractivity contribution in [1.82, 2.24) is 0 Å². The molecule has 1 rings (SSSR count). The molecule has 0 aromatic heterocycles. The van der Waals surface area contributed by atoms with Gasteiger partial charge in [0.25, 0.3) is 0 Å². The first-order valence-corrected chi connectivity index (χ1v) is 9.32. The fourth-order valence-electron chi connectivity index (χ4n) is 1.84. The minimum atomic E-state index is -3.33. The first-order chi connectivity index (χ1) is 10.7. The van der Waals surface area contributed by atoms with Crippen LogP contribution in [0.1, 0.15) is 45.0 Å². The Bertz CT molecular complexity index is 708. The number of hydrogen-bond acceptors (Lipinski definition) is 6. The highest BCUT2D eigenvalue weighted by atomic mass is 32.2. The third kappa shape index (κ3) is 6.05. The van der Waals surface area contributed by atoms with Gasteiger partial charge in [0, 0.05) is 11.8 Å². The molecule has 0 spiro atoms. The second kappa shape index (κ2) is 7.03. The molecule has 1 aromatic carbocycles. The number of carbonyl (C=O) groups excluding carboxylic acids is 2. The van der Waals surface area contributed by atoms with Gasteiger partial charge < -0.3 is 9.47 Å². The van der Waals surface area contributed by atoms with Crippen LogP contribution in [-0.2, 0) is 24.1 Å². The zero-order chi connectivity index (χ0) is 18.8. The van der Waals surface area contributed by atoms with E-state index in [1.807, 2.05) is 0 Å². The van der Waals surface area contributed by atoms with Gasteiger partial charge in [-0.25, -0.2) is 13.2 Å². The monoisotopic (exact) mass is 356 g/mol. The van der Waals surface area contributed by atoms with E-state index in [1.54, 1.807) is 20.8 Å². The molecule has 0 atom stereocenters. The summed E-state index contributed by atoms with van der Waals surface area (Å²) in [5.41, 5.74) is -1.61. The highest BCUT2D eigenvalue weighted by molar-refractivity contribution is 7.90. The van der Waals surface area contributed by atoms with Gasteiger partial charge in [-0.05, 0) is 58.9 Å². The van der Waals surface area contributed by atoms with Gasteiger partial charge in [-0.15, -0.1) is 0 Å². The number of rotatable bonds is 6. The topological polar surface area (TPSA) is 86.7 Å². The SMILES string of the molecule is CC(C)(C)OCC(=O)OC(C)(C)C(=O)c1ccc(S(C)(=O)=O)cc1. The van der Waals surface area contributed by atoms with Gasteiger partial charge in [0.15, 0.2) is 15.4 Å². The second-order valence-electron chi connectivity index (χ2n) is 7.01. The summed E-state index contributed by atoms with van der Waals surface area (Å²) in [6, 6.07) is 5.51. The van der Waals surface area contributed by atoms with Crippen molar-refractivity contribution in [2.24, 2.45) is 0 Å². The Morgan fingerprint density at radius 2 is 1.50 bits per heavy atom. The molecule has 0 N–H and O–H groups in total. The Labute approximate surface area is 143 Å². The van der Waals surface area contributed by atoms with Gasteiger partial charge in [0.05, 0.1) is 10.5 Å². The maximum atomic E-state index is 12.5. The largest absolute Gasteiger partial charge is 0.450 e. The third-order valence-corrected chi connectivity index (χ3v) is 4.21. The van der Waals surface area contributed by atoms with Crippen LogP contribution in [-0.4, -0.2) is 44.2 Å². The molecular formula is C17H24O6S. The first-order valence-electron chi connectivity index (χ1n) is 7.43. The predicted octanol–water partition coefficient (Wildman–Crippen LogP) is 2.41. The van der Waals surface area contributed by atoms with Crippen LogP contribution in [0.2, 0.25) is 0 Å². The van der Waals surface area contributed by atoms with E-state index in [0.29, 0.717) is 0 Å². The summed E-state index contributed by atoms with van der Waals surface area (Å²) in [5, 5.41) is 0. The van der Waals surface area contributed by atoms with Gasteiger partial charge in [0.1, 0.15) is 6.61 Å². The highest BCUT2D eigenvalue weighted by Gasteiger charge is 2.33. The van der Waals surface area contributed by atoms with E-state index < -0.39 is 32.8 Å². The Morgan fingerprint density at radius 1 is 1.00 bits per heavy atom. The molecule has 1 aromatic rings. The molecule has 0 radical (unpaired) electrons. The number of Topliss-reactive ketones (excluding diaryl/α,β-unsaturated/α-hetero) is 1. The highest BCUT2D eigenvalue weighted by Crippen LogP contribution is 2.20. The Morgan fingerprint density at radius 3 is 1.92 bits per heavy atom. The molecule has 0 aliphatic heterocycles. The van der Waals surface area contributed by atoms with E-state index in [2.05, 4.69) is 0 Å². The molecule has 0 bridgehead atoms. The minimum absolute atomic E-state index is 0.118. The number of benzene rings is 1. The molecule has 24 heavy (non-hydrogen) atoms. The maximum absolute atomic E-state index is 12.5. The maximum Gasteiger partial charge on any atom is 0.333 e. The summed E-state index contributed by atoms with van der Waals surface area (Å²) in [5.74, 6) is -1.07. The number of esters is 1. The molecule has 7 heteroatoms. The lowest BCUT2D eigenvalue weighted by molar-refractivity contribution is -0.162. The van der Waals surface area contributed by atoms with E-state index >= 15 is 0 Å². The van der Waals surface area contributed by atoms with E-state index in [4.69, 9.17) is 9.47 Å². The van der Waals surface area contributed by atoms with Crippen LogP contribution in [0.15, 0.2) is 29.2 Å². The number of ketones is 1. The van der Waals surface area contributed by atoms with Crippen LogP contribution < -0.4 is 0 Å². The summed E-state index contributed by atoms with van der Waals surface area (Å²) in [6.45, 7) is 8.12. The van der Waals surface area contributed by atoms with Crippen LogP contribution in [0.25, 0.3) is 0 Å². The Hall–Kier alpha value is -1.73. The number of ether oxygens (including phenoxy) is 2. The average Bonchev–Trinajstić information content (AvgIpc) is 2.42. The van der Waals surface area contributed by atoms with Crippen molar-refractivity contribution in [3.63, 3.8) is 0 Å². The zero-order valence-corrected chi connectivity index (χ0v) is 15.7. The molecule has 0 unspecified atom stereocenters. The Balaban J connectivity index is 2.83. The van der Waals surface area contributed by atoms with Crippen LogP contribution in [0.5, 0.6) is 0 Å². The second-order valence-corrected chi connectivity index (χ2v) is 9.03. The molecule has 0 heterocycles. The number of sulfone groups is 1. The van der Waals surface area contributed by atoms with Crippen LogP contribution in [0.3, 0.4) is 0 Å². The van der Waals surface area contributed by atoms with Gasteiger partial charge in [-0.1, -0.05) is 0 Å². The molecule has 0 aliphatic carbocycles. The number of carbonyl (C=O) groups is 2. The first kappa shape index (κ1) is 20.3. The fourth-order valence-corrected chi connectivity index (χ4v) is 2.47. The lowest BCUT2D eigenvalue weighted by Gasteiger charge is -2.25. The van der Waals surface area contributed by atoms with Crippen molar-refractivity contribution < 1.29 is 27.5 Å². The molecule has 0 fully saturated rings. The smallest absolute Gasteiger partial charge is 0.333 e. The van der Waals surface area contributed by atoms with Gasteiger partial charge >= 0.3 is 5.97 Å². The van der Waals surface area contributed by atoms with Gasteiger partial charge in [0.2, 0.25) is 5.78 Å². The van der Waals surface area contributed by atoms with Crippen molar-refractivity contribution in [2.75, 3.05) is 12.9 Å². The molecule has 134 valence electrons. The van der Waals surface area contributed by atoms with Crippen molar-refractivity contribution in [1.29, 1.82) is 0 Å². The standard InChI is InChI=1S/C17H24O6S/c1-16(2,3)22-11-14(18)23-17(4,5)15(19)12-7-9-13(10-8-12)24(6,20)21/h7-10H,11H2,1-6H3. The quantitative estimate of drug-likeness (QED) is 0.575. The van der Waals surface area contributed by atoms with E-state index in [1.165, 1.54) is 38.1 Å². The molecule has 0 saturated heterocycles. The zero-order valence-electron chi connectivity index (χ0n) is 14.9. The van der Waals surface area contributed by atoms with Crippen molar-refractivity contribution >= 4 is 21.6 Å². The normalized spacial score (nSPS) is 12.8. The van der Waals surface area contributed by atoms with Gasteiger partial charge in [-0.2, -0.15) is 0 Å². The summed E-state index contributed by atoms with van der Waals surface area (Å²) in [6.07, 6.45) is 1.09. The van der Waals surface area contributed by atoms with Crippen LogP contribution in [0, 0.1) is 0 Å². The number of hydrogen-bond donors (Lipinski definition) is 0. The van der Waals surface area contributed by atoms with E-state index in [-0.39, 0.29) is 17.1 Å². The average molecular weight is 356 g/mol. The lowest BCUT2D eigenvalue weighted by atomic mass is 9.96. The fraction of sp³-hybridized carbons (Fsp3) is 0.529. The lowest BCUT2D eigenvalue weighted by Crippen LogP contribution is -2.39.